The Morgan fingerprint density at radius 1 is 1.41 bits per heavy atom. The molecule has 0 saturated carbocycles. The molecule has 1 fully saturated rings. The van der Waals surface area contributed by atoms with Gasteiger partial charge in [-0.2, -0.15) is 5.10 Å². The number of fused-ring (bicyclic) bond motifs is 1. The van der Waals surface area contributed by atoms with Gasteiger partial charge in [0.2, 0.25) is 5.91 Å². The van der Waals surface area contributed by atoms with Gasteiger partial charge in [0.1, 0.15) is 12.0 Å². The molecule has 4 rings (SSSR count). The Kier molecular flexibility index (Phi) is 2.73. The van der Waals surface area contributed by atoms with Crippen molar-refractivity contribution in [3.8, 4) is 11.3 Å². The number of carbonyl (C=O) groups is 1. The van der Waals surface area contributed by atoms with E-state index < -0.39 is 0 Å². The van der Waals surface area contributed by atoms with E-state index in [1.165, 1.54) is 6.33 Å². The van der Waals surface area contributed by atoms with Gasteiger partial charge in [-0.3, -0.25) is 9.48 Å². The molecule has 8 nitrogen and oxygen atoms in total. The van der Waals surface area contributed by atoms with Gasteiger partial charge in [-0.05, 0) is 6.07 Å². The number of nitrogens with one attached hydrogen (secondary N) is 2. The van der Waals surface area contributed by atoms with Gasteiger partial charge in [0.15, 0.2) is 0 Å². The standard InChI is InChI=1S/C14H15N7O/c15-11(22)3-14(6-16-7-14)21-5-9(4-20-21)12-10-1-2-17-13(10)19-8-18-12/h1-2,4-5,8,16H,3,6-7H2,(H2,15,22)(H,17,18,19). The minimum Gasteiger partial charge on any atom is -0.370 e. The fourth-order valence-electron chi connectivity index (χ4n) is 2.91. The zero-order valence-electron chi connectivity index (χ0n) is 11.8. The summed E-state index contributed by atoms with van der Waals surface area (Å²) < 4.78 is 1.82. The van der Waals surface area contributed by atoms with E-state index in [9.17, 15) is 4.79 Å². The molecule has 1 saturated heterocycles. The van der Waals surface area contributed by atoms with E-state index in [-0.39, 0.29) is 17.9 Å². The second-order valence-electron chi connectivity index (χ2n) is 5.61. The molecular formula is C14H15N7O. The summed E-state index contributed by atoms with van der Waals surface area (Å²) in [5, 5.41) is 8.55. The van der Waals surface area contributed by atoms with E-state index in [1.54, 1.807) is 6.20 Å². The van der Waals surface area contributed by atoms with Gasteiger partial charge in [0.05, 0.1) is 23.9 Å². The first-order valence-corrected chi connectivity index (χ1v) is 7.01. The second kappa shape index (κ2) is 4.63. The molecule has 1 aliphatic heterocycles. The minimum absolute atomic E-state index is 0.268. The van der Waals surface area contributed by atoms with Gasteiger partial charge in [-0.1, -0.05) is 0 Å². The molecule has 0 unspecified atom stereocenters. The van der Waals surface area contributed by atoms with Crippen LogP contribution in [0.3, 0.4) is 0 Å². The third kappa shape index (κ3) is 1.88. The van der Waals surface area contributed by atoms with Crippen LogP contribution in [0.1, 0.15) is 6.42 Å². The second-order valence-corrected chi connectivity index (χ2v) is 5.61. The number of aromatic nitrogens is 5. The van der Waals surface area contributed by atoms with Crippen molar-refractivity contribution in [1.82, 2.24) is 30.0 Å². The SMILES string of the molecule is NC(=O)CC1(n2cc(-c3ncnc4[nH]ccc34)cn2)CNC1. The molecule has 0 aliphatic carbocycles. The van der Waals surface area contributed by atoms with Crippen molar-refractivity contribution >= 4 is 16.9 Å². The number of H-pyrrole nitrogens is 1. The first-order valence-electron chi connectivity index (χ1n) is 7.01. The molecule has 3 aromatic rings. The van der Waals surface area contributed by atoms with E-state index in [4.69, 9.17) is 5.73 Å². The highest BCUT2D eigenvalue weighted by Crippen LogP contribution is 2.29. The van der Waals surface area contributed by atoms with Crippen molar-refractivity contribution in [3.05, 3.63) is 31.0 Å². The minimum atomic E-state index is -0.367. The Morgan fingerprint density at radius 2 is 2.27 bits per heavy atom. The van der Waals surface area contributed by atoms with Crippen LogP contribution >= 0.6 is 0 Å². The molecule has 4 heterocycles. The van der Waals surface area contributed by atoms with Gasteiger partial charge in [0.25, 0.3) is 0 Å². The van der Waals surface area contributed by atoms with E-state index in [1.807, 2.05) is 23.1 Å². The summed E-state index contributed by atoms with van der Waals surface area (Å²) in [5.74, 6) is -0.325. The maximum atomic E-state index is 11.3. The predicted molar refractivity (Wildman–Crippen MR) is 79.8 cm³/mol. The molecule has 1 amide bonds. The Balaban J connectivity index is 1.75. The summed E-state index contributed by atoms with van der Waals surface area (Å²) in [6.07, 6.45) is 7.30. The van der Waals surface area contributed by atoms with Crippen LogP contribution in [0.15, 0.2) is 31.0 Å². The van der Waals surface area contributed by atoms with Crippen LogP contribution in [0, 0.1) is 0 Å². The summed E-state index contributed by atoms with van der Waals surface area (Å²) in [6.45, 7) is 1.36. The van der Waals surface area contributed by atoms with Crippen molar-refractivity contribution in [2.45, 2.75) is 12.0 Å². The van der Waals surface area contributed by atoms with Crippen LogP contribution < -0.4 is 11.1 Å². The zero-order valence-corrected chi connectivity index (χ0v) is 11.8. The smallest absolute Gasteiger partial charge is 0.219 e. The molecule has 0 aromatic carbocycles. The van der Waals surface area contributed by atoms with Crippen LogP contribution in [-0.2, 0) is 10.3 Å². The topological polar surface area (TPSA) is 115 Å². The lowest BCUT2D eigenvalue weighted by Crippen LogP contribution is -2.62. The highest BCUT2D eigenvalue weighted by atomic mass is 16.1. The summed E-state index contributed by atoms with van der Waals surface area (Å²) in [5.41, 5.74) is 7.50. The zero-order chi connectivity index (χ0) is 15.2. The van der Waals surface area contributed by atoms with Gasteiger partial charge in [-0.25, -0.2) is 9.97 Å². The third-order valence-electron chi connectivity index (χ3n) is 4.11. The molecule has 22 heavy (non-hydrogen) atoms. The van der Waals surface area contributed by atoms with E-state index in [0.717, 1.165) is 22.3 Å². The van der Waals surface area contributed by atoms with Crippen LogP contribution in [-0.4, -0.2) is 43.7 Å². The molecule has 1 aliphatic rings. The van der Waals surface area contributed by atoms with Gasteiger partial charge >= 0.3 is 0 Å². The van der Waals surface area contributed by atoms with Crippen molar-refractivity contribution in [2.24, 2.45) is 5.73 Å². The highest BCUT2D eigenvalue weighted by molar-refractivity contribution is 5.90. The van der Waals surface area contributed by atoms with Gasteiger partial charge < -0.3 is 16.0 Å². The molecule has 112 valence electrons. The lowest BCUT2D eigenvalue weighted by atomic mass is 9.88. The number of hydrogen-bond acceptors (Lipinski definition) is 5. The number of carbonyl (C=O) groups excluding carboxylic acids is 1. The van der Waals surface area contributed by atoms with Gasteiger partial charge in [-0.15, -0.1) is 0 Å². The first-order chi connectivity index (χ1) is 10.7. The van der Waals surface area contributed by atoms with Crippen molar-refractivity contribution < 1.29 is 4.79 Å². The molecular weight excluding hydrogens is 282 g/mol. The number of hydrogen-bond donors (Lipinski definition) is 3. The Bertz CT molecular complexity index is 846. The summed E-state index contributed by atoms with van der Waals surface area (Å²) >= 11 is 0. The first kappa shape index (κ1) is 13.0. The molecule has 8 heteroatoms. The Labute approximate surface area is 125 Å². The maximum absolute atomic E-state index is 11.3. The van der Waals surface area contributed by atoms with E-state index >= 15 is 0 Å². The quantitative estimate of drug-likeness (QED) is 0.627. The normalized spacial score (nSPS) is 16.5. The maximum Gasteiger partial charge on any atom is 0.219 e. The lowest BCUT2D eigenvalue weighted by molar-refractivity contribution is -0.121. The van der Waals surface area contributed by atoms with E-state index in [2.05, 4.69) is 25.4 Å². The predicted octanol–water partition coefficient (Wildman–Crippen LogP) is -0.00470. The monoisotopic (exact) mass is 297 g/mol. The average Bonchev–Trinajstić information content (AvgIpc) is 3.11. The lowest BCUT2D eigenvalue weighted by Gasteiger charge is -2.42. The van der Waals surface area contributed by atoms with Crippen LogP contribution in [0.5, 0.6) is 0 Å². The number of primary amides is 1. The van der Waals surface area contributed by atoms with E-state index in [0.29, 0.717) is 13.1 Å². The van der Waals surface area contributed by atoms with Crippen LogP contribution in [0.25, 0.3) is 22.3 Å². The molecule has 0 radical (unpaired) electrons. The van der Waals surface area contributed by atoms with Crippen molar-refractivity contribution in [3.63, 3.8) is 0 Å². The Hall–Kier alpha value is -2.74. The number of nitrogens with two attached hydrogens (primary N) is 1. The van der Waals surface area contributed by atoms with Gasteiger partial charge in [0, 0.05) is 36.4 Å². The summed E-state index contributed by atoms with van der Waals surface area (Å²) in [7, 11) is 0. The molecule has 4 N–H and O–H groups in total. The van der Waals surface area contributed by atoms with Crippen molar-refractivity contribution in [1.29, 1.82) is 0 Å². The summed E-state index contributed by atoms with van der Waals surface area (Å²) in [4.78, 5) is 22.9. The fraction of sp³-hybridized carbons (Fsp3) is 0.286. The molecule has 0 bridgehead atoms. The fourth-order valence-corrected chi connectivity index (χ4v) is 2.91. The van der Waals surface area contributed by atoms with Crippen LogP contribution in [0.4, 0.5) is 0 Å². The molecule has 0 spiro atoms. The number of aromatic amines is 1. The van der Waals surface area contributed by atoms with Crippen molar-refractivity contribution in [2.75, 3.05) is 13.1 Å². The molecule has 0 atom stereocenters. The summed E-state index contributed by atoms with van der Waals surface area (Å²) in [6, 6.07) is 1.94. The number of nitrogens with zero attached hydrogens (tertiary/aromatic N) is 4. The highest BCUT2D eigenvalue weighted by Gasteiger charge is 2.41. The third-order valence-corrected chi connectivity index (χ3v) is 4.11. The number of rotatable bonds is 4. The largest absolute Gasteiger partial charge is 0.370 e. The Morgan fingerprint density at radius 3 is 3.00 bits per heavy atom. The average molecular weight is 297 g/mol. The molecule has 3 aromatic heterocycles. The number of amides is 1. The van der Waals surface area contributed by atoms with Crippen LogP contribution in [0.2, 0.25) is 0 Å².